The molecule has 0 aromatic heterocycles. The smallest absolute Gasteiger partial charge is 0.243 e. The van der Waals surface area contributed by atoms with Gasteiger partial charge in [-0.2, -0.15) is 0 Å². The van der Waals surface area contributed by atoms with Crippen molar-refractivity contribution in [3.05, 3.63) is 219 Å². The number of amides is 5. The Hall–Kier alpha value is -7.33. The molecule has 5 amide bonds. The van der Waals surface area contributed by atoms with E-state index >= 15 is 0 Å². The Morgan fingerprint density at radius 2 is 0.511 bits per heavy atom. The molecule has 0 saturated heterocycles. The summed E-state index contributed by atoms with van der Waals surface area (Å²) in [6, 6.07) is -1.82. The van der Waals surface area contributed by atoms with Gasteiger partial charge in [0.1, 0.15) is 12.1 Å². The molecule has 2 atom stereocenters. The predicted octanol–water partition coefficient (Wildman–Crippen LogP) is 18.4. The molecule has 0 aromatic rings. The van der Waals surface area contributed by atoms with E-state index in [0.29, 0.717) is 83.7 Å². The van der Waals surface area contributed by atoms with E-state index in [1.807, 2.05) is 24.3 Å². The number of rotatable bonds is 56. The number of nitrogens with two attached hydrogens (primary N) is 1. The van der Waals surface area contributed by atoms with Gasteiger partial charge in [0.25, 0.3) is 0 Å². The van der Waals surface area contributed by atoms with Crippen LogP contribution in [0.5, 0.6) is 0 Å². The first kappa shape index (κ1) is 80.7. The van der Waals surface area contributed by atoms with Gasteiger partial charge >= 0.3 is 0 Å². The summed E-state index contributed by atoms with van der Waals surface area (Å²) in [7, 11) is 0. The van der Waals surface area contributed by atoms with Gasteiger partial charge in [-0.15, -0.1) is 0 Å². The highest BCUT2D eigenvalue weighted by Gasteiger charge is 2.25. The average molecular weight is 1200 g/mol. The Kier molecular flexibility index (Phi) is 61.6. The largest absolute Gasteiger partial charge is 0.368 e. The summed E-state index contributed by atoms with van der Waals surface area (Å²) >= 11 is 0. The molecule has 0 radical (unpaired) electrons. The van der Waals surface area contributed by atoms with E-state index in [-0.39, 0.29) is 24.1 Å². The molecule has 10 heteroatoms. The second-order valence-corrected chi connectivity index (χ2v) is 21.1. The van der Waals surface area contributed by atoms with E-state index in [4.69, 9.17) is 5.73 Å². The van der Waals surface area contributed by atoms with Crippen molar-refractivity contribution in [1.82, 2.24) is 21.3 Å². The van der Waals surface area contributed by atoms with E-state index in [1.54, 1.807) is 0 Å². The SMILES string of the molecule is CC/C=C\C/C=C\C/C=C\C/C=C\C/C=C\C/C=C\CCC(=O)NCCCC[C@H](NC(=O)[C@H](CCCCNC(=O)CC/C=C\C/C=C\C/C=C\C/C=C\C/C=C\C/C=C\CC)NC(=O)CC/C=C\C/C=C\C/C=C\C/C=C\C/C=C\C/C=C\CC)C(N)=O. The first-order valence-electron chi connectivity index (χ1n) is 33.4. The third kappa shape index (κ3) is 61.7. The number of allylic oxidation sites excluding steroid dienone is 36. The lowest BCUT2D eigenvalue weighted by molar-refractivity contribution is -0.131. The minimum atomic E-state index is -0.935. The van der Waals surface area contributed by atoms with Crippen molar-refractivity contribution in [2.24, 2.45) is 5.73 Å². The highest BCUT2D eigenvalue weighted by Crippen LogP contribution is 2.08. The maximum atomic E-state index is 13.7. The fraction of sp³-hybridized carbons (Fsp3) is 0.474. The summed E-state index contributed by atoms with van der Waals surface area (Å²) in [5, 5.41) is 11.6. The molecule has 0 unspecified atom stereocenters. The molecule has 0 spiro atoms. The fourth-order valence-electron chi connectivity index (χ4n) is 8.23. The van der Waals surface area contributed by atoms with Crippen LogP contribution in [0.4, 0.5) is 0 Å². The standard InChI is InChI=1S/C78H117N5O5/c1-4-7-10-13-16-19-22-25-28-31-34-37-40-43-46-49-52-55-58-67-74(84)80-70-63-61-65-72(77(79)87)83-78(88)73(82-76(86)69-60-57-54-51-48-45-42-39-36-33-30-27-24-21-18-15-12-9-6-3)66-62-64-71-81-75(85)68-59-56-53-50-47-44-41-38-35-32-29-26-23-20-17-14-11-8-5-2/h7-12,16-21,25-30,34-39,43-48,52-57,72-73H,4-6,13-15,22-24,31-33,40-42,49-51,58-71H2,1-3H3,(H2,79,87)(H,80,84)(H,81,85)(H,82,86)(H,83,88)/b10-7-,11-8-,12-9-,19-16-,20-17-,21-18-,28-25-,29-26-,30-27-,37-34-,38-35-,39-36-,46-43-,47-44-,48-45-,55-52-,56-53-,57-54-/t72-,73-/m0/s1. The molecule has 0 saturated carbocycles. The molecule has 0 heterocycles. The maximum Gasteiger partial charge on any atom is 0.243 e. The van der Waals surface area contributed by atoms with Gasteiger partial charge in [0.15, 0.2) is 0 Å². The molecule has 484 valence electrons. The van der Waals surface area contributed by atoms with Gasteiger partial charge in [-0.1, -0.05) is 240 Å². The zero-order valence-corrected chi connectivity index (χ0v) is 54.7. The van der Waals surface area contributed by atoms with Crippen LogP contribution in [0.1, 0.15) is 213 Å². The highest BCUT2D eigenvalue weighted by molar-refractivity contribution is 5.91. The molecule has 6 N–H and O–H groups in total. The number of hydrogen-bond donors (Lipinski definition) is 5. The summed E-state index contributed by atoms with van der Waals surface area (Å²) in [6.45, 7) is 7.31. The van der Waals surface area contributed by atoms with Crippen molar-refractivity contribution in [3.8, 4) is 0 Å². The van der Waals surface area contributed by atoms with E-state index in [9.17, 15) is 24.0 Å². The molecule has 10 nitrogen and oxygen atoms in total. The minimum absolute atomic E-state index is 0.0405. The van der Waals surface area contributed by atoms with Crippen LogP contribution in [0.2, 0.25) is 0 Å². The number of hydrogen-bond acceptors (Lipinski definition) is 5. The molecule has 0 bridgehead atoms. The minimum Gasteiger partial charge on any atom is -0.368 e. The van der Waals surface area contributed by atoms with Gasteiger partial charge in [0.05, 0.1) is 0 Å². The van der Waals surface area contributed by atoms with Crippen molar-refractivity contribution < 1.29 is 24.0 Å². The second kappa shape index (κ2) is 67.2. The Bertz CT molecular complexity index is 2340. The third-order valence-electron chi connectivity index (χ3n) is 13.2. The lowest BCUT2D eigenvalue weighted by Gasteiger charge is -2.22. The highest BCUT2D eigenvalue weighted by atomic mass is 16.2. The summed E-state index contributed by atoms with van der Waals surface area (Å²) in [5.41, 5.74) is 5.77. The Balaban J connectivity index is 4.96. The summed E-state index contributed by atoms with van der Waals surface area (Å²) in [5.74, 6) is -1.49. The molecule has 0 fully saturated rings. The average Bonchev–Trinajstić information content (AvgIpc) is 3.57. The number of nitrogens with one attached hydrogen (secondary N) is 4. The number of carbonyl (C=O) groups is 5. The Morgan fingerprint density at radius 1 is 0.284 bits per heavy atom. The van der Waals surface area contributed by atoms with Crippen LogP contribution in [0.3, 0.4) is 0 Å². The number of carbonyl (C=O) groups excluding carboxylic acids is 5. The zero-order valence-electron chi connectivity index (χ0n) is 54.7. The molecule has 0 aliphatic heterocycles. The topological polar surface area (TPSA) is 159 Å². The van der Waals surface area contributed by atoms with Crippen molar-refractivity contribution in [2.45, 2.75) is 225 Å². The van der Waals surface area contributed by atoms with E-state index in [2.05, 4.69) is 236 Å². The van der Waals surface area contributed by atoms with Gasteiger partial charge < -0.3 is 27.0 Å². The van der Waals surface area contributed by atoms with Crippen LogP contribution in [0.15, 0.2) is 219 Å². The van der Waals surface area contributed by atoms with E-state index in [1.165, 1.54) is 0 Å². The lowest BCUT2D eigenvalue weighted by Crippen LogP contribution is -2.53. The molecule has 0 aliphatic carbocycles. The maximum absolute atomic E-state index is 13.7. The fourth-order valence-corrected chi connectivity index (χ4v) is 8.23. The van der Waals surface area contributed by atoms with Gasteiger partial charge in [-0.3, -0.25) is 24.0 Å². The first-order chi connectivity index (χ1) is 43.2. The Morgan fingerprint density at radius 3 is 0.761 bits per heavy atom. The second-order valence-electron chi connectivity index (χ2n) is 21.1. The van der Waals surface area contributed by atoms with Crippen molar-refractivity contribution in [3.63, 3.8) is 0 Å². The van der Waals surface area contributed by atoms with Crippen molar-refractivity contribution in [2.75, 3.05) is 13.1 Å². The van der Waals surface area contributed by atoms with Gasteiger partial charge in [-0.05, 0) is 173 Å². The number of unbranched alkanes of at least 4 members (excludes halogenated alkanes) is 2. The predicted molar refractivity (Wildman–Crippen MR) is 379 cm³/mol. The van der Waals surface area contributed by atoms with Crippen molar-refractivity contribution >= 4 is 29.5 Å². The summed E-state index contributed by atoms with van der Waals surface area (Å²) in [6.07, 6.45) is 100. The quantitative estimate of drug-likeness (QED) is 0.0302. The molecule has 88 heavy (non-hydrogen) atoms. The monoisotopic (exact) mass is 1200 g/mol. The van der Waals surface area contributed by atoms with Crippen LogP contribution in [-0.2, 0) is 24.0 Å². The van der Waals surface area contributed by atoms with Crippen molar-refractivity contribution in [1.29, 1.82) is 0 Å². The lowest BCUT2D eigenvalue weighted by atomic mass is 10.1. The Labute approximate surface area is 535 Å². The van der Waals surface area contributed by atoms with Crippen LogP contribution >= 0.6 is 0 Å². The molecule has 0 aliphatic rings. The zero-order chi connectivity index (χ0) is 64.0. The summed E-state index contributed by atoms with van der Waals surface area (Å²) in [4.78, 5) is 64.6. The van der Waals surface area contributed by atoms with Gasteiger partial charge in [0, 0.05) is 32.4 Å². The number of primary amides is 1. The van der Waals surface area contributed by atoms with Crippen LogP contribution < -0.4 is 27.0 Å². The van der Waals surface area contributed by atoms with E-state index in [0.717, 1.165) is 116 Å². The van der Waals surface area contributed by atoms with Crippen LogP contribution in [0, 0.1) is 0 Å². The van der Waals surface area contributed by atoms with Gasteiger partial charge in [-0.25, -0.2) is 0 Å². The van der Waals surface area contributed by atoms with Gasteiger partial charge in [0.2, 0.25) is 29.5 Å². The molecular weight excluding hydrogens is 1090 g/mol. The van der Waals surface area contributed by atoms with E-state index < -0.39 is 23.9 Å². The van der Waals surface area contributed by atoms with Crippen LogP contribution in [-0.4, -0.2) is 54.7 Å². The normalized spacial score (nSPS) is 13.8. The molecular formula is C78H117N5O5. The first-order valence-corrected chi connectivity index (χ1v) is 33.4. The summed E-state index contributed by atoms with van der Waals surface area (Å²) < 4.78 is 0. The molecule has 0 aromatic carbocycles. The third-order valence-corrected chi connectivity index (χ3v) is 13.2. The molecule has 0 rings (SSSR count). The van der Waals surface area contributed by atoms with Crippen LogP contribution in [0.25, 0.3) is 0 Å².